The Bertz CT molecular complexity index is 412. The van der Waals surface area contributed by atoms with Crippen molar-refractivity contribution < 1.29 is 23.6 Å². The maximum Gasteiger partial charge on any atom is 1.00 e. The predicted molar refractivity (Wildman–Crippen MR) is 75.2 cm³/mol. The first-order valence-electron chi connectivity index (χ1n) is 6.31. The largest absolute Gasteiger partial charge is 1.00 e. The first kappa shape index (κ1) is 15.9. The van der Waals surface area contributed by atoms with Crippen LogP contribution >= 0.6 is 0 Å². The van der Waals surface area contributed by atoms with Crippen LogP contribution in [0.15, 0.2) is 60.3 Å². The number of nitrogens with one attached hydrogen (secondary N) is 1. The summed E-state index contributed by atoms with van der Waals surface area (Å²) in [4.78, 5) is 0. The van der Waals surface area contributed by atoms with E-state index in [2.05, 4.69) is 11.4 Å². The number of ether oxygens (including phenoxy) is 1. The van der Waals surface area contributed by atoms with Crippen molar-refractivity contribution in [2.75, 3.05) is 18.5 Å². The minimum atomic E-state index is 0. The van der Waals surface area contributed by atoms with Gasteiger partial charge in [-0.2, -0.15) is 18.2 Å². The number of para-hydroxylation sites is 1. The third-order valence-corrected chi connectivity index (χ3v) is 2.62. The summed E-state index contributed by atoms with van der Waals surface area (Å²) in [5.74, 6) is 0. The molecule has 0 radical (unpaired) electrons. The molecule has 1 fully saturated rings. The maximum atomic E-state index is 4.94. The topological polar surface area (TPSA) is 21.3 Å². The van der Waals surface area contributed by atoms with Crippen molar-refractivity contribution in [1.29, 1.82) is 0 Å². The summed E-state index contributed by atoms with van der Waals surface area (Å²) in [6.07, 6.45) is 13.5. The molecule has 0 atom stereocenters. The first-order valence-corrected chi connectivity index (χ1v) is 6.31. The molecular weight excluding hydrogens is 229 g/mol. The fourth-order valence-electron chi connectivity index (χ4n) is 1.64. The normalized spacial score (nSPS) is 17.8. The van der Waals surface area contributed by atoms with Gasteiger partial charge in [0.05, 0.1) is 0 Å². The third kappa shape index (κ3) is 6.49. The summed E-state index contributed by atoms with van der Waals surface area (Å²) >= 11 is 0. The molecule has 19 heavy (non-hydrogen) atoms. The summed E-state index contributed by atoms with van der Waals surface area (Å²) in [5, 5.41) is 3.19. The molecule has 1 aromatic rings. The second kappa shape index (κ2) is 9.69. The van der Waals surface area contributed by atoms with Crippen LogP contribution in [0.1, 0.15) is 12.8 Å². The van der Waals surface area contributed by atoms with Gasteiger partial charge in [-0.25, -0.2) is 0 Å². The van der Waals surface area contributed by atoms with Crippen LogP contribution in [0.25, 0.3) is 0 Å². The van der Waals surface area contributed by atoms with E-state index in [1.54, 1.807) is 0 Å². The Balaban J connectivity index is 0.000000256. The molecule has 0 saturated carbocycles. The van der Waals surface area contributed by atoms with Gasteiger partial charge in [-0.05, 0) is 25.0 Å². The van der Waals surface area contributed by atoms with Gasteiger partial charge in [-0.15, -0.1) is 11.6 Å². The Hall–Kier alpha value is -1.20. The summed E-state index contributed by atoms with van der Waals surface area (Å²) in [7, 11) is 0. The molecular formula is C16H18LiNO. The van der Waals surface area contributed by atoms with E-state index < -0.39 is 0 Å². The molecule has 2 aliphatic rings. The molecule has 1 saturated heterocycles. The zero-order valence-corrected chi connectivity index (χ0v) is 11.4. The quantitative estimate of drug-likeness (QED) is 0.614. The number of allylic oxidation sites excluding steroid dienone is 5. The van der Waals surface area contributed by atoms with Gasteiger partial charge in [-0.1, -0.05) is 24.4 Å². The molecule has 0 spiro atoms. The average Bonchev–Trinajstić information content (AvgIpc) is 3.13. The molecule has 1 aliphatic heterocycles. The summed E-state index contributed by atoms with van der Waals surface area (Å²) in [6.45, 7) is 2.00. The van der Waals surface area contributed by atoms with Crippen LogP contribution in [0, 0.1) is 6.08 Å². The SMILES string of the molecule is C1CCOC1.[C-]1=CC=C/C1=C/Nc1ccccc1.[Li+]. The van der Waals surface area contributed by atoms with E-state index in [-0.39, 0.29) is 18.9 Å². The molecule has 0 bridgehead atoms. The molecule has 0 unspecified atom stereocenters. The smallest absolute Gasteiger partial charge is 0.401 e. The molecule has 1 aromatic carbocycles. The number of rotatable bonds is 2. The van der Waals surface area contributed by atoms with E-state index in [1.807, 2.05) is 54.8 Å². The van der Waals surface area contributed by atoms with Crippen molar-refractivity contribution in [2.45, 2.75) is 12.8 Å². The van der Waals surface area contributed by atoms with Crippen LogP contribution in [0.5, 0.6) is 0 Å². The van der Waals surface area contributed by atoms with Crippen LogP contribution in [0.2, 0.25) is 0 Å². The molecule has 1 N–H and O–H groups in total. The van der Waals surface area contributed by atoms with Crippen molar-refractivity contribution in [2.24, 2.45) is 0 Å². The van der Waals surface area contributed by atoms with E-state index in [9.17, 15) is 0 Å². The van der Waals surface area contributed by atoms with Gasteiger partial charge in [0.15, 0.2) is 0 Å². The van der Waals surface area contributed by atoms with Crippen LogP contribution in [0.3, 0.4) is 0 Å². The molecule has 0 amide bonds. The molecule has 2 nitrogen and oxygen atoms in total. The van der Waals surface area contributed by atoms with Crippen molar-refractivity contribution in [1.82, 2.24) is 0 Å². The Morgan fingerprint density at radius 1 is 1.11 bits per heavy atom. The van der Waals surface area contributed by atoms with E-state index >= 15 is 0 Å². The van der Waals surface area contributed by atoms with Crippen LogP contribution < -0.4 is 24.2 Å². The number of hydrogen-bond donors (Lipinski definition) is 1. The fourth-order valence-corrected chi connectivity index (χ4v) is 1.64. The summed E-state index contributed by atoms with van der Waals surface area (Å²) in [6, 6.07) is 10.1. The van der Waals surface area contributed by atoms with Gasteiger partial charge in [0, 0.05) is 18.9 Å². The van der Waals surface area contributed by atoms with Gasteiger partial charge < -0.3 is 10.1 Å². The van der Waals surface area contributed by atoms with Crippen LogP contribution in [0.4, 0.5) is 5.69 Å². The minimum absolute atomic E-state index is 0. The Labute approximate surface area is 127 Å². The summed E-state index contributed by atoms with van der Waals surface area (Å²) < 4.78 is 4.94. The fraction of sp³-hybridized carbons (Fsp3) is 0.250. The van der Waals surface area contributed by atoms with Gasteiger partial charge in [0.2, 0.25) is 0 Å². The van der Waals surface area contributed by atoms with E-state index in [4.69, 9.17) is 4.74 Å². The standard InChI is InChI=1S/C12H10N.C4H8O.Li/c1-2-8-12(9-3-1)13-10-11-6-4-5-7-11;1-2-4-5-3-1;/h1-6,8-10,13H;1-4H2;/q-1;;+1/b11-10-;;. The summed E-state index contributed by atoms with van der Waals surface area (Å²) in [5.41, 5.74) is 2.17. The number of anilines is 1. The molecule has 1 aliphatic carbocycles. The number of hydrogen-bond acceptors (Lipinski definition) is 2. The minimum Gasteiger partial charge on any atom is -0.401 e. The number of benzene rings is 1. The van der Waals surface area contributed by atoms with Crippen molar-refractivity contribution in [3.8, 4) is 0 Å². The zero-order chi connectivity index (χ0) is 12.5. The Morgan fingerprint density at radius 3 is 2.37 bits per heavy atom. The van der Waals surface area contributed by atoms with Gasteiger partial charge in [0.25, 0.3) is 0 Å². The predicted octanol–water partition coefficient (Wildman–Crippen LogP) is 0.712. The Morgan fingerprint density at radius 2 is 1.84 bits per heavy atom. The van der Waals surface area contributed by atoms with E-state index in [1.165, 1.54) is 12.8 Å². The van der Waals surface area contributed by atoms with E-state index in [0.29, 0.717) is 0 Å². The Kier molecular flexibility index (Phi) is 8.09. The van der Waals surface area contributed by atoms with Gasteiger partial charge >= 0.3 is 18.9 Å². The van der Waals surface area contributed by atoms with Crippen molar-refractivity contribution in [3.63, 3.8) is 0 Å². The van der Waals surface area contributed by atoms with E-state index in [0.717, 1.165) is 24.5 Å². The third-order valence-electron chi connectivity index (χ3n) is 2.62. The second-order valence-electron chi connectivity index (χ2n) is 4.10. The molecule has 1 heterocycles. The van der Waals surface area contributed by atoms with Gasteiger partial charge in [0.1, 0.15) is 0 Å². The second-order valence-corrected chi connectivity index (χ2v) is 4.10. The average molecular weight is 247 g/mol. The maximum absolute atomic E-state index is 4.94. The molecule has 94 valence electrons. The first-order chi connectivity index (χ1) is 8.95. The van der Waals surface area contributed by atoms with Gasteiger partial charge in [-0.3, -0.25) is 0 Å². The molecule has 3 heteroatoms. The zero-order valence-electron chi connectivity index (χ0n) is 11.4. The van der Waals surface area contributed by atoms with Crippen LogP contribution in [-0.4, -0.2) is 13.2 Å². The van der Waals surface area contributed by atoms with Crippen molar-refractivity contribution >= 4 is 5.69 Å². The monoisotopic (exact) mass is 247 g/mol. The molecule has 3 rings (SSSR count). The molecule has 0 aromatic heterocycles. The van der Waals surface area contributed by atoms with Crippen LogP contribution in [-0.2, 0) is 4.74 Å². The van der Waals surface area contributed by atoms with Crippen molar-refractivity contribution in [3.05, 3.63) is 66.4 Å².